The normalized spacial score (nSPS) is 10.7. The number of esters is 1. The fraction of sp³-hybridized carbons (Fsp3) is 0.190. The maximum absolute atomic E-state index is 12.6. The number of para-hydroxylation sites is 1. The van der Waals surface area contributed by atoms with Crippen LogP contribution in [0, 0.1) is 13.8 Å². The maximum atomic E-state index is 12.6. The minimum Gasteiger partial charge on any atom is -0.452 e. The van der Waals surface area contributed by atoms with Gasteiger partial charge in [-0.05, 0) is 38.1 Å². The van der Waals surface area contributed by atoms with Crippen LogP contribution in [0.3, 0.4) is 0 Å². The van der Waals surface area contributed by atoms with Crippen molar-refractivity contribution in [3.05, 3.63) is 75.1 Å². The van der Waals surface area contributed by atoms with Crippen LogP contribution < -0.4 is 5.32 Å². The predicted octanol–water partition coefficient (Wildman–Crippen LogP) is 5.69. The monoisotopic (exact) mass is 464 g/mol. The quantitative estimate of drug-likeness (QED) is 0.357. The number of hydrogen-bond acceptors (Lipinski definition) is 6. The molecular weight excluding hydrogens is 447 g/mol. The van der Waals surface area contributed by atoms with Crippen molar-refractivity contribution in [3.63, 3.8) is 0 Å². The third-order valence-electron chi connectivity index (χ3n) is 4.22. The van der Waals surface area contributed by atoms with Crippen molar-refractivity contribution in [2.75, 3.05) is 11.9 Å². The van der Waals surface area contributed by atoms with Gasteiger partial charge in [0.2, 0.25) is 0 Å². The number of hydrogen-bond donors (Lipinski definition) is 1. The Morgan fingerprint density at radius 2 is 1.80 bits per heavy atom. The number of aryl methyl sites for hydroxylation is 2. The number of carbonyl (C=O) groups is 2. The summed E-state index contributed by atoms with van der Waals surface area (Å²) in [6.45, 7) is 3.25. The summed E-state index contributed by atoms with van der Waals surface area (Å²) in [5.74, 6) is 0.197. The molecule has 0 aliphatic rings. The van der Waals surface area contributed by atoms with Crippen LogP contribution in [0.15, 0.2) is 51.9 Å². The number of rotatable bonds is 7. The van der Waals surface area contributed by atoms with Crippen LogP contribution in [0.5, 0.6) is 0 Å². The average Bonchev–Trinajstić information content (AvgIpc) is 3.05. The lowest BCUT2D eigenvalue weighted by molar-refractivity contribution is -0.119. The van der Waals surface area contributed by atoms with E-state index in [1.807, 2.05) is 26.0 Å². The summed E-state index contributed by atoms with van der Waals surface area (Å²) in [7, 11) is 0. The van der Waals surface area contributed by atoms with Crippen LogP contribution in [0.1, 0.15) is 27.4 Å². The van der Waals surface area contributed by atoms with Gasteiger partial charge in [0.25, 0.3) is 5.91 Å². The van der Waals surface area contributed by atoms with Gasteiger partial charge in [0.1, 0.15) is 5.76 Å². The molecule has 30 heavy (non-hydrogen) atoms. The maximum Gasteiger partial charge on any atom is 0.339 e. The minimum absolute atomic E-state index is 0.275. The molecule has 0 atom stereocenters. The number of halogens is 2. The minimum atomic E-state index is -0.600. The van der Waals surface area contributed by atoms with Gasteiger partial charge in [0, 0.05) is 16.2 Å². The molecule has 1 N–H and O–H groups in total. The summed E-state index contributed by atoms with van der Waals surface area (Å²) in [5, 5.41) is 7.08. The second kappa shape index (κ2) is 10.0. The molecule has 156 valence electrons. The van der Waals surface area contributed by atoms with Crippen LogP contribution in [0.2, 0.25) is 10.0 Å². The van der Waals surface area contributed by atoms with Gasteiger partial charge in [-0.3, -0.25) is 4.79 Å². The molecule has 0 aliphatic heterocycles. The van der Waals surface area contributed by atoms with E-state index in [4.69, 9.17) is 32.5 Å². The predicted molar refractivity (Wildman–Crippen MR) is 117 cm³/mol. The molecule has 3 rings (SSSR count). The molecule has 0 bridgehead atoms. The van der Waals surface area contributed by atoms with Gasteiger partial charge in [-0.1, -0.05) is 46.6 Å². The Kier molecular flexibility index (Phi) is 7.42. The molecule has 0 saturated carbocycles. The highest BCUT2D eigenvalue weighted by molar-refractivity contribution is 7.98. The largest absolute Gasteiger partial charge is 0.452 e. The van der Waals surface area contributed by atoms with Gasteiger partial charge >= 0.3 is 5.97 Å². The van der Waals surface area contributed by atoms with Crippen molar-refractivity contribution in [2.24, 2.45) is 0 Å². The summed E-state index contributed by atoms with van der Waals surface area (Å²) in [6, 6.07) is 11.9. The van der Waals surface area contributed by atoms with Crippen LogP contribution >= 0.6 is 35.0 Å². The first-order valence-corrected chi connectivity index (χ1v) is 10.7. The Morgan fingerprint density at radius 3 is 2.47 bits per heavy atom. The number of nitrogens with zero attached hydrogens (tertiary/aromatic N) is 1. The Morgan fingerprint density at radius 1 is 1.10 bits per heavy atom. The van der Waals surface area contributed by atoms with Crippen molar-refractivity contribution >= 4 is 52.5 Å². The van der Waals surface area contributed by atoms with E-state index < -0.39 is 18.5 Å². The summed E-state index contributed by atoms with van der Waals surface area (Å²) >= 11 is 13.5. The van der Waals surface area contributed by atoms with Crippen LogP contribution in [0.25, 0.3) is 0 Å². The molecule has 1 heterocycles. The second-order valence-corrected chi connectivity index (χ2v) is 8.14. The molecule has 9 heteroatoms. The molecule has 1 aromatic heterocycles. The van der Waals surface area contributed by atoms with E-state index >= 15 is 0 Å². The van der Waals surface area contributed by atoms with E-state index in [9.17, 15) is 9.59 Å². The lowest BCUT2D eigenvalue weighted by atomic mass is 10.2. The Labute approximate surface area is 187 Å². The zero-order valence-corrected chi connectivity index (χ0v) is 18.5. The Bertz CT molecular complexity index is 1040. The molecule has 0 aliphatic carbocycles. The number of nitrogens with one attached hydrogen (secondary N) is 1. The molecule has 1 amide bonds. The van der Waals surface area contributed by atoms with Gasteiger partial charge in [-0.25, -0.2) is 4.79 Å². The summed E-state index contributed by atoms with van der Waals surface area (Å²) < 4.78 is 10.4. The van der Waals surface area contributed by atoms with Gasteiger partial charge < -0.3 is 14.6 Å². The van der Waals surface area contributed by atoms with Crippen molar-refractivity contribution < 1.29 is 18.8 Å². The van der Waals surface area contributed by atoms with E-state index in [-0.39, 0.29) is 5.69 Å². The topological polar surface area (TPSA) is 81.4 Å². The summed E-state index contributed by atoms with van der Waals surface area (Å²) in [4.78, 5) is 25.5. The summed E-state index contributed by atoms with van der Waals surface area (Å²) in [6.07, 6.45) is 0. The molecule has 2 aromatic carbocycles. The van der Waals surface area contributed by atoms with Gasteiger partial charge in [0.05, 0.1) is 27.0 Å². The van der Waals surface area contributed by atoms with Gasteiger partial charge in [-0.15, -0.1) is 11.8 Å². The first-order chi connectivity index (χ1) is 14.4. The molecule has 0 spiro atoms. The van der Waals surface area contributed by atoms with E-state index in [0.717, 1.165) is 21.9 Å². The van der Waals surface area contributed by atoms with Crippen LogP contribution in [-0.2, 0) is 15.3 Å². The number of thioether (sulfide) groups is 1. The smallest absolute Gasteiger partial charge is 0.339 e. The lowest BCUT2D eigenvalue weighted by Gasteiger charge is -2.11. The fourth-order valence-electron chi connectivity index (χ4n) is 2.62. The van der Waals surface area contributed by atoms with Crippen molar-refractivity contribution in [3.8, 4) is 0 Å². The fourth-order valence-corrected chi connectivity index (χ4v) is 4.31. The standard InChI is InChI=1S/C21H18Cl2N2O4S/c1-12-15(13(2)29-25-12)11-30-18-9-4-3-6-14(18)21(27)28-10-19(26)24-20-16(22)7-5-8-17(20)23/h3-9H,10-11H2,1-2H3,(H,24,26). The van der Waals surface area contributed by atoms with Crippen LogP contribution in [-0.4, -0.2) is 23.6 Å². The number of benzene rings is 2. The molecule has 0 radical (unpaired) electrons. The highest BCUT2D eigenvalue weighted by Gasteiger charge is 2.17. The third-order valence-corrected chi connectivity index (χ3v) is 5.95. The molecular formula is C21H18Cl2N2O4S. The van der Waals surface area contributed by atoms with Crippen molar-refractivity contribution in [1.82, 2.24) is 5.16 Å². The second-order valence-electron chi connectivity index (χ2n) is 6.31. The number of amides is 1. The third kappa shape index (κ3) is 5.36. The molecule has 3 aromatic rings. The highest BCUT2D eigenvalue weighted by atomic mass is 35.5. The number of aromatic nitrogens is 1. The lowest BCUT2D eigenvalue weighted by Crippen LogP contribution is -2.21. The Hall–Kier alpha value is -2.48. The number of carbonyl (C=O) groups excluding carboxylic acids is 2. The zero-order chi connectivity index (χ0) is 21.7. The molecule has 6 nitrogen and oxygen atoms in total. The van der Waals surface area contributed by atoms with Crippen molar-refractivity contribution in [2.45, 2.75) is 24.5 Å². The van der Waals surface area contributed by atoms with E-state index in [0.29, 0.717) is 21.4 Å². The van der Waals surface area contributed by atoms with E-state index in [1.54, 1.807) is 30.3 Å². The van der Waals surface area contributed by atoms with Crippen LogP contribution in [0.4, 0.5) is 5.69 Å². The SMILES string of the molecule is Cc1noc(C)c1CSc1ccccc1C(=O)OCC(=O)Nc1c(Cl)cccc1Cl. The number of ether oxygens (including phenoxy) is 1. The van der Waals surface area contributed by atoms with Gasteiger partial charge in [-0.2, -0.15) is 0 Å². The summed E-state index contributed by atoms with van der Waals surface area (Å²) in [5.41, 5.74) is 2.45. The number of anilines is 1. The van der Waals surface area contributed by atoms with E-state index in [1.165, 1.54) is 11.8 Å². The highest BCUT2D eigenvalue weighted by Crippen LogP contribution is 2.30. The first kappa shape index (κ1) is 22.2. The molecule has 0 unspecified atom stereocenters. The molecule has 0 fully saturated rings. The average molecular weight is 465 g/mol. The first-order valence-electron chi connectivity index (χ1n) is 8.91. The molecule has 0 saturated heterocycles. The van der Waals surface area contributed by atoms with E-state index in [2.05, 4.69) is 10.5 Å². The van der Waals surface area contributed by atoms with Gasteiger partial charge in [0.15, 0.2) is 6.61 Å². The zero-order valence-electron chi connectivity index (χ0n) is 16.2. The Balaban J connectivity index is 1.62. The van der Waals surface area contributed by atoms with Crippen molar-refractivity contribution in [1.29, 1.82) is 0 Å².